The highest BCUT2D eigenvalue weighted by Crippen LogP contribution is 2.21. The van der Waals surface area contributed by atoms with Gasteiger partial charge in [0.15, 0.2) is 0 Å². The molecule has 1 N–H and O–H groups in total. The van der Waals surface area contributed by atoms with Crippen LogP contribution in [0.15, 0.2) is 16.8 Å². The summed E-state index contributed by atoms with van der Waals surface area (Å²) in [6.07, 6.45) is 2.31. The lowest BCUT2D eigenvalue weighted by Gasteiger charge is -2.31. The van der Waals surface area contributed by atoms with Crippen LogP contribution in [0.3, 0.4) is 0 Å². The number of thiophene rings is 1. The van der Waals surface area contributed by atoms with Crippen molar-refractivity contribution in [1.82, 2.24) is 4.90 Å². The number of piperidine rings is 1. The fourth-order valence-corrected chi connectivity index (χ4v) is 2.98. The number of hydrogen-bond donors (Lipinski definition) is 1. The van der Waals surface area contributed by atoms with Crippen molar-refractivity contribution < 1.29 is 14.7 Å². The highest BCUT2D eigenvalue weighted by atomic mass is 32.1. The SMILES string of the molecule is O=C(O)CC1CCN(C(=O)Cc2ccsc2)CC1. The Morgan fingerprint density at radius 2 is 2.11 bits per heavy atom. The second kappa shape index (κ2) is 6.00. The van der Waals surface area contributed by atoms with Crippen molar-refractivity contribution in [3.63, 3.8) is 0 Å². The molecule has 5 heteroatoms. The summed E-state index contributed by atoms with van der Waals surface area (Å²) in [6.45, 7) is 1.39. The predicted octanol–water partition coefficient (Wildman–Crippen LogP) is 2.00. The summed E-state index contributed by atoms with van der Waals surface area (Å²) in [5, 5.41) is 12.7. The number of carboxylic acids is 1. The number of rotatable bonds is 4. The number of hydrogen-bond acceptors (Lipinski definition) is 3. The second-order valence-corrected chi connectivity index (χ2v) is 5.51. The Labute approximate surface area is 110 Å². The normalized spacial score (nSPS) is 16.8. The van der Waals surface area contributed by atoms with Crippen molar-refractivity contribution >= 4 is 23.2 Å². The molecule has 1 aromatic rings. The maximum absolute atomic E-state index is 12.0. The molecule has 1 aromatic heterocycles. The Morgan fingerprint density at radius 1 is 1.39 bits per heavy atom. The van der Waals surface area contributed by atoms with Crippen LogP contribution in [0, 0.1) is 5.92 Å². The number of likely N-dealkylation sites (tertiary alicyclic amines) is 1. The van der Waals surface area contributed by atoms with E-state index >= 15 is 0 Å². The van der Waals surface area contributed by atoms with Crippen LogP contribution in [0.5, 0.6) is 0 Å². The van der Waals surface area contributed by atoms with Gasteiger partial charge in [-0.15, -0.1) is 0 Å². The molecule has 0 atom stereocenters. The minimum atomic E-state index is -0.738. The number of aliphatic carboxylic acids is 1. The molecule has 2 rings (SSSR count). The van der Waals surface area contributed by atoms with Gasteiger partial charge in [-0.05, 0) is 41.1 Å². The number of nitrogens with zero attached hydrogens (tertiary/aromatic N) is 1. The zero-order valence-corrected chi connectivity index (χ0v) is 11.0. The summed E-state index contributed by atoms with van der Waals surface area (Å²) in [6, 6.07) is 1.97. The van der Waals surface area contributed by atoms with E-state index in [9.17, 15) is 9.59 Å². The van der Waals surface area contributed by atoms with E-state index in [1.54, 1.807) is 11.3 Å². The fourth-order valence-electron chi connectivity index (χ4n) is 2.31. The van der Waals surface area contributed by atoms with E-state index in [0.29, 0.717) is 19.5 Å². The van der Waals surface area contributed by atoms with Gasteiger partial charge >= 0.3 is 5.97 Å². The van der Waals surface area contributed by atoms with Crippen LogP contribution < -0.4 is 0 Å². The summed E-state index contributed by atoms with van der Waals surface area (Å²) in [5.74, 6) is -0.354. The quantitative estimate of drug-likeness (QED) is 0.907. The largest absolute Gasteiger partial charge is 0.481 e. The minimum Gasteiger partial charge on any atom is -0.481 e. The van der Waals surface area contributed by atoms with Crippen LogP contribution in [-0.4, -0.2) is 35.0 Å². The topological polar surface area (TPSA) is 57.6 Å². The number of carbonyl (C=O) groups is 2. The second-order valence-electron chi connectivity index (χ2n) is 4.73. The lowest BCUT2D eigenvalue weighted by atomic mass is 9.93. The lowest BCUT2D eigenvalue weighted by Crippen LogP contribution is -2.39. The number of carboxylic acid groups (broad SMARTS) is 1. The average Bonchev–Trinajstić information content (AvgIpc) is 2.82. The molecule has 1 amide bonds. The molecule has 1 aliphatic rings. The molecule has 98 valence electrons. The Hall–Kier alpha value is -1.36. The molecular weight excluding hydrogens is 250 g/mol. The maximum Gasteiger partial charge on any atom is 0.303 e. The van der Waals surface area contributed by atoms with Crippen LogP contribution in [0.2, 0.25) is 0 Å². The third-order valence-corrected chi connectivity index (χ3v) is 4.10. The Kier molecular flexibility index (Phi) is 4.36. The molecule has 0 saturated carbocycles. The van der Waals surface area contributed by atoms with E-state index in [1.807, 2.05) is 21.7 Å². The van der Waals surface area contributed by atoms with Gasteiger partial charge in [0.25, 0.3) is 0 Å². The summed E-state index contributed by atoms with van der Waals surface area (Å²) < 4.78 is 0. The van der Waals surface area contributed by atoms with Gasteiger partial charge in [0, 0.05) is 19.5 Å². The summed E-state index contributed by atoms with van der Waals surface area (Å²) >= 11 is 1.60. The molecule has 2 heterocycles. The van der Waals surface area contributed by atoms with Crippen molar-refractivity contribution in [1.29, 1.82) is 0 Å². The van der Waals surface area contributed by atoms with Gasteiger partial charge in [-0.25, -0.2) is 0 Å². The first kappa shape index (κ1) is 13.1. The smallest absolute Gasteiger partial charge is 0.303 e. The lowest BCUT2D eigenvalue weighted by molar-refractivity contribution is -0.138. The molecule has 0 spiro atoms. The first-order chi connectivity index (χ1) is 8.65. The monoisotopic (exact) mass is 267 g/mol. The van der Waals surface area contributed by atoms with Gasteiger partial charge in [-0.2, -0.15) is 11.3 Å². The van der Waals surface area contributed by atoms with E-state index in [2.05, 4.69) is 0 Å². The molecule has 18 heavy (non-hydrogen) atoms. The van der Waals surface area contributed by atoms with Crippen LogP contribution in [-0.2, 0) is 16.0 Å². The first-order valence-corrected chi connectivity index (χ1v) is 7.10. The van der Waals surface area contributed by atoms with Crippen LogP contribution in [0.25, 0.3) is 0 Å². The van der Waals surface area contributed by atoms with Gasteiger partial charge in [0.1, 0.15) is 0 Å². The van der Waals surface area contributed by atoms with Gasteiger partial charge < -0.3 is 10.0 Å². The standard InChI is InChI=1S/C13H17NO3S/c15-12(7-11-3-6-18-9-11)14-4-1-10(2-5-14)8-13(16)17/h3,6,9-10H,1-2,4-5,7-8H2,(H,16,17). The molecule has 4 nitrogen and oxygen atoms in total. The van der Waals surface area contributed by atoms with Crippen LogP contribution in [0.4, 0.5) is 0 Å². The fraction of sp³-hybridized carbons (Fsp3) is 0.538. The van der Waals surface area contributed by atoms with E-state index in [1.165, 1.54) is 0 Å². The third kappa shape index (κ3) is 3.57. The molecule has 1 fully saturated rings. The van der Waals surface area contributed by atoms with E-state index < -0.39 is 5.97 Å². The molecular formula is C13H17NO3S. The number of amides is 1. The van der Waals surface area contributed by atoms with Crippen LogP contribution in [0.1, 0.15) is 24.8 Å². The number of carbonyl (C=O) groups excluding carboxylic acids is 1. The van der Waals surface area contributed by atoms with Gasteiger partial charge in [0.2, 0.25) is 5.91 Å². The molecule has 1 aliphatic heterocycles. The molecule has 0 radical (unpaired) electrons. The predicted molar refractivity (Wildman–Crippen MR) is 69.6 cm³/mol. The van der Waals surface area contributed by atoms with Crippen molar-refractivity contribution in [3.05, 3.63) is 22.4 Å². The van der Waals surface area contributed by atoms with Crippen molar-refractivity contribution in [2.24, 2.45) is 5.92 Å². The molecule has 1 saturated heterocycles. The molecule has 0 aliphatic carbocycles. The highest BCUT2D eigenvalue weighted by molar-refractivity contribution is 7.07. The van der Waals surface area contributed by atoms with Gasteiger partial charge in [-0.3, -0.25) is 9.59 Å². The summed E-state index contributed by atoms with van der Waals surface area (Å²) in [7, 11) is 0. The third-order valence-electron chi connectivity index (χ3n) is 3.37. The van der Waals surface area contributed by atoms with Crippen molar-refractivity contribution in [2.75, 3.05) is 13.1 Å². The minimum absolute atomic E-state index is 0.155. The Morgan fingerprint density at radius 3 is 2.67 bits per heavy atom. The summed E-state index contributed by atoms with van der Waals surface area (Å²) in [4.78, 5) is 24.5. The first-order valence-electron chi connectivity index (χ1n) is 6.16. The summed E-state index contributed by atoms with van der Waals surface area (Å²) in [5.41, 5.74) is 1.07. The highest BCUT2D eigenvalue weighted by Gasteiger charge is 2.24. The van der Waals surface area contributed by atoms with Crippen LogP contribution >= 0.6 is 11.3 Å². The van der Waals surface area contributed by atoms with E-state index in [4.69, 9.17) is 5.11 Å². The Balaban J connectivity index is 1.79. The van der Waals surface area contributed by atoms with Gasteiger partial charge in [-0.1, -0.05) is 0 Å². The molecule has 0 bridgehead atoms. The zero-order valence-electron chi connectivity index (χ0n) is 10.2. The van der Waals surface area contributed by atoms with Crippen molar-refractivity contribution in [2.45, 2.75) is 25.7 Å². The average molecular weight is 267 g/mol. The van der Waals surface area contributed by atoms with Crippen molar-refractivity contribution in [3.8, 4) is 0 Å². The van der Waals surface area contributed by atoms with Gasteiger partial charge in [0.05, 0.1) is 6.42 Å². The molecule has 0 aromatic carbocycles. The Bertz CT molecular complexity index is 408. The zero-order chi connectivity index (χ0) is 13.0. The van der Waals surface area contributed by atoms with E-state index in [-0.39, 0.29) is 18.2 Å². The van der Waals surface area contributed by atoms with E-state index in [0.717, 1.165) is 18.4 Å². The maximum atomic E-state index is 12.0. The molecule has 0 unspecified atom stereocenters.